The number of fused-ring (bicyclic) bond motifs is 13. The van der Waals surface area contributed by atoms with Crippen LogP contribution in [0.25, 0.3) is 115 Å². The smallest absolute Gasteiger partial charge is 0.165 e. The highest BCUT2D eigenvalue weighted by molar-refractivity contribution is 7.26. The zero-order chi connectivity index (χ0) is 43.2. The Morgan fingerprint density at radius 3 is 2.23 bits per heavy atom. The van der Waals surface area contributed by atoms with E-state index >= 15 is 0 Å². The lowest BCUT2D eigenvalue weighted by Gasteiger charge is -2.10. The van der Waals surface area contributed by atoms with Crippen molar-refractivity contribution < 1.29 is 4.42 Å². The molecule has 310 valence electrons. The highest BCUT2D eigenvalue weighted by Gasteiger charge is 2.28. The molecule has 0 N–H and O–H groups in total. The van der Waals surface area contributed by atoms with Gasteiger partial charge in [-0.2, -0.15) is 0 Å². The summed E-state index contributed by atoms with van der Waals surface area (Å²) in [4.78, 5) is 15.4. The third-order valence-electron chi connectivity index (χ3n) is 13.3. The summed E-state index contributed by atoms with van der Waals surface area (Å²) < 4.78 is 11.8. The van der Waals surface area contributed by atoms with Crippen LogP contribution < -0.4 is 0 Å². The van der Waals surface area contributed by atoms with Gasteiger partial charge in [0.2, 0.25) is 0 Å². The highest BCUT2D eigenvalue weighted by atomic mass is 32.1. The molecule has 6 heteroatoms. The van der Waals surface area contributed by atoms with Gasteiger partial charge in [-0.05, 0) is 84.9 Å². The lowest BCUT2D eigenvalue weighted by molar-refractivity contribution is 0.665. The first-order chi connectivity index (χ1) is 32.1. The molecule has 4 heterocycles. The number of allylic oxidation sites excluding steroid dienone is 8. The van der Waals surface area contributed by atoms with Crippen molar-refractivity contribution in [1.82, 2.24) is 19.5 Å². The van der Waals surface area contributed by atoms with Crippen LogP contribution in [-0.2, 0) is 6.42 Å². The van der Waals surface area contributed by atoms with E-state index in [1.54, 1.807) is 0 Å². The minimum Gasteiger partial charge on any atom is -0.455 e. The number of furan rings is 1. The Labute approximate surface area is 380 Å². The van der Waals surface area contributed by atoms with E-state index in [1.807, 2.05) is 42.5 Å². The first-order valence-corrected chi connectivity index (χ1v) is 23.5. The molecule has 13 rings (SSSR count). The van der Waals surface area contributed by atoms with Crippen molar-refractivity contribution >= 4 is 86.4 Å². The second kappa shape index (κ2) is 15.0. The number of nitrogens with zero attached hydrogens (tertiary/aromatic N) is 4. The molecule has 0 amide bonds. The average Bonchev–Trinajstić information content (AvgIpc) is 4.13. The molecule has 0 saturated carbocycles. The molecule has 11 aromatic rings. The molecular formula is C59H42N4OS. The van der Waals surface area contributed by atoms with Gasteiger partial charge in [-0.15, -0.1) is 11.3 Å². The molecule has 5 nitrogen and oxygen atoms in total. The fourth-order valence-electron chi connectivity index (χ4n) is 10.5. The molecule has 0 unspecified atom stereocenters. The predicted octanol–water partition coefficient (Wildman–Crippen LogP) is 16.3. The van der Waals surface area contributed by atoms with Crippen LogP contribution in [0.15, 0.2) is 180 Å². The van der Waals surface area contributed by atoms with Crippen molar-refractivity contribution in [2.45, 2.75) is 39.5 Å². The van der Waals surface area contributed by atoms with Gasteiger partial charge in [0.25, 0.3) is 0 Å². The van der Waals surface area contributed by atoms with E-state index in [2.05, 4.69) is 157 Å². The van der Waals surface area contributed by atoms with Crippen molar-refractivity contribution in [3.63, 3.8) is 0 Å². The van der Waals surface area contributed by atoms with Gasteiger partial charge in [0.15, 0.2) is 17.5 Å². The van der Waals surface area contributed by atoms with Gasteiger partial charge >= 0.3 is 0 Å². The van der Waals surface area contributed by atoms with Crippen LogP contribution in [0.1, 0.15) is 50.1 Å². The van der Waals surface area contributed by atoms with Gasteiger partial charge < -0.3 is 8.98 Å². The summed E-state index contributed by atoms with van der Waals surface area (Å²) in [5, 5.41) is 7.17. The van der Waals surface area contributed by atoms with E-state index in [-0.39, 0.29) is 0 Å². The van der Waals surface area contributed by atoms with Crippen molar-refractivity contribution in [2.75, 3.05) is 0 Å². The normalized spacial score (nSPS) is 14.1. The van der Waals surface area contributed by atoms with Crippen molar-refractivity contribution in [1.29, 1.82) is 0 Å². The first kappa shape index (κ1) is 37.8. The molecule has 0 fully saturated rings. The molecular weight excluding hydrogens is 813 g/mol. The quantitative estimate of drug-likeness (QED) is 0.150. The van der Waals surface area contributed by atoms with E-state index < -0.39 is 0 Å². The molecule has 0 atom stereocenters. The lowest BCUT2D eigenvalue weighted by atomic mass is 9.97. The van der Waals surface area contributed by atoms with Crippen molar-refractivity contribution in [3.05, 3.63) is 192 Å². The van der Waals surface area contributed by atoms with Crippen molar-refractivity contribution in [3.8, 4) is 39.6 Å². The number of rotatable bonds is 7. The standard InChI is InChI=1S/C59H42N4OS/c1-3-15-35(16-4-2)57-60-58(36-17-6-5-7-18-36)62-59(61-57)47-26-13-24-45-46-25-14-28-52(56(46)65-55(45)47)63-50-27-11-10-21-42(50)48-33-38(29-32-51(48)63)40-22-12-23-43-44-31-30-41-39-20-9-8-19-37(39)34-49(41)54(44)64-53(40)43/h3,5-7,10-33H,4,8-9,34H2,1-2H3/b15-3-,35-16+. The second-order valence-electron chi connectivity index (χ2n) is 17.1. The summed E-state index contributed by atoms with van der Waals surface area (Å²) in [5.74, 6) is 2.00. The number of hydrogen-bond donors (Lipinski definition) is 0. The van der Waals surface area contributed by atoms with E-state index in [0.29, 0.717) is 17.5 Å². The number of benzene rings is 7. The number of hydrogen-bond acceptors (Lipinski definition) is 5. The molecule has 0 aliphatic heterocycles. The molecule has 65 heavy (non-hydrogen) atoms. The van der Waals surface area contributed by atoms with Gasteiger partial charge in [-0.1, -0.05) is 140 Å². The SMILES string of the molecule is C/C=C\C(=C/CC)c1nc(-c2ccccc2)nc(-c2cccc3c2sc2c(-n4c5ccccc5c5cc(-c6cccc7c6oc6c8c(ccc67)C6=CCCC=C6C8)ccc54)cccc23)n1. The van der Waals surface area contributed by atoms with Crippen LogP contribution in [0, 0.1) is 0 Å². The summed E-state index contributed by atoms with van der Waals surface area (Å²) >= 11 is 1.81. The molecule has 0 spiro atoms. The van der Waals surface area contributed by atoms with Crippen LogP contribution >= 0.6 is 11.3 Å². The Balaban J connectivity index is 0.978. The second-order valence-corrected chi connectivity index (χ2v) is 18.1. The van der Waals surface area contributed by atoms with Crippen LogP contribution in [0.3, 0.4) is 0 Å². The van der Waals surface area contributed by atoms with Gasteiger partial charge in [0.05, 0.1) is 21.4 Å². The first-order valence-electron chi connectivity index (χ1n) is 22.7. The van der Waals surface area contributed by atoms with Crippen LogP contribution in [0.5, 0.6) is 0 Å². The maximum atomic E-state index is 6.97. The number of thiophene rings is 1. The topological polar surface area (TPSA) is 56.7 Å². The minimum absolute atomic E-state index is 0.661. The molecule has 7 aromatic carbocycles. The monoisotopic (exact) mass is 854 g/mol. The molecule has 0 saturated heterocycles. The molecule has 4 aromatic heterocycles. The highest BCUT2D eigenvalue weighted by Crippen LogP contribution is 2.48. The third-order valence-corrected chi connectivity index (χ3v) is 14.6. The van der Waals surface area contributed by atoms with E-state index in [4.69, 9.17) is 19.4 Å². The molecule has 0 radical (unpaired) electrons. The Kier molecular flexibility index (Phi) is 8.72. The Bertz CT molecular complexity index is 3910. The largest absolute Gasteiger partial charge is 0.455 e. The van der Waals surface area contributed by atoms with E-state index in [9.17, 15) is 0 Å². The average molecular weight is 855 g/mol. The molecule has 2 aliphatic rings. The van der Waals surface area contributed by atoms with Crippen LogP contribution in [0.2, 0.25) is 0 Å². The van der Waals surface area contributed by atoms with Crippen molar-refractivity contribution in [2.24, 2.45) is 0 Å². The summed E-state index contributed by atoms with van der Waals surface area (Å²) in [5.41, 5.74) is 16.1. The number of para-hydroxylation sites is 2. The third kappa shape index (κ3) is 5.87. The Morgan fingerprint density at radius 1 is 0.615 bits per heavy atom. The Hall–Kier alpha value is -7.67. The fraction of sp³-hybridized carbons (Fsp3) is 0.102. The summed E-state index contributed by atoms with van der Waals surface area (Å²) in [6, 6.07) is 50.4. The predicted molar refractivity (Wildman–Crippen MR) is 273 cm³/mol. The van der Waals surface area contributed by atoms with Gasteiger partial charge in [0, 0.05) is 71.3 Å². The summed E-state index contributed by atoms with van der Waals surface area (Å²) in [6.45, 7) is 4.17. The zero-order valence-corrected chi connectivity index (χ0v) is 36.9. The lowest BCUT2D eigenvalue weighted by Crippen LogP contribution is -2.02. The van der Waals surface area contributed by atoms with Crippen LogP contribution in [0.4, 0.5) is 0 Å². The van der Waals surface area contributed by atoms with E-state index in [1.165, 1.54) is 59.4 Å². The van der Waals surface area contributed by atoms with Crippen LogP contribution in [-0.4, -0.2) is 19.5 Å². The Morgan fingerprint density at radius 2 is 1.35 bits per heavy atom. The zero-order valence-electron chi connectivity index (χ0n) is 36.1. The summed E-state index contributed by atoms with van der Waals surface area (Å²) in [6.07, 6.45) is 15.2. The van der Waals surface area contributed by atoms with Gasteiger partial charge in [-0.3, -0.25) is 0 Å². The van der Waals surface area contributed by atoms with Gasteiger partial charge in [-0.25, -0.2) is 15.0 Å². The van der Waals surface area contributed by atoms with E-state index in [0.717, 1.165) is 86.0 Å². The maximum absolute atomic E-state index is 6.97. The minimum atomic E-state index is 0.661. The summed E-state index contributed by atoms with van der Waals surface area (Å²) in [7, 11) is 0. The molecule has 0 bridgehead atoms. The van der Waals surface area contributed by atoms with Gasteiger partial charge in [0.1, 0.15) is 11.2 Å². The fourth-order valence-corrected chi connectivity index (χ4v) is 11.8. The molecule has 2 aliphatic carbocycles. The number of aromatic nitrogens is 4. The maximum Gasteiger partial charge on any atom is 0.165 e.